The number of benzene rings is 1. The maximum absolute atomic E-state index is 10.9. The lowest BCUT2D eigenvalue weighted by atomic mass is 10.1. The van der Waals surface area contributed by atoms with Crippen LogP contribution in [0.3, 0.4) is 0 Å². The van der Waals surface area contributed by atoms with Crippen molar-refractivity contribution in [1.29, 1.82) is 0 Å². The van der Waals surface area contributed by atoms with Crippen LogP contribution < -0.4 is 10.6 Å². The van der Waals surface area contributed by atoms with E-state index in [-0.39, 0.29) is 28.5 Å². The molecule has 0 radical (unpaired) electrons. The highest BCUT2D eigenvalue weighted by atomic mass is 16.3. The van der Waals surface area contributed by atoms with Gasteiger partial charge in [0.05, 0.1) is 11.3 Å². The average Bonchev–Trinajstić information content (AvgIpc) is 2.63. The monoisotopic (exact) mass is 380 g/mol. The Morgan fingerprint density at radius 1 is 0.926 bits per heavy atom. The highest BCUT2D eigenvalue weighted by Crippen LogP contribution is 2.31. The number of hydrogen-bond donors (Lipinski definition) is 4. The van der Waals surface area contributed by atoms with E-state index < -0.39 is 0 Å². The van der Waals surface area contributed by atoms with E-state index in [1.54, 1.807) is 0 Å². The smallest absolute Gasteiger partial charge is 0.211 e. The van der Waals surface area contributed by atoms with Crippen LogP contribution in [0.1, 0.15) is 82.5 Å². The van der Waals surface area contributed by atoms with Crippen LogP contribution in [-0.4, -0.2) is 35.5 Å². The van der Waals surface area contributed by atoms with Gasteiger partial charge in [-0.05, 0) is 38.9 Å². The van der Waals surface area contributed by atoms with Crippen molar-refractivity contribution in [3.8, 4) is 11.5 Å². The maximum Gasteiger partial charge on any atom is 0.211 e. The van der Waals surface area contributed by atoms with E-state index in [2.05, 4.69) is 24.5 Å². The molecule has 0 fully saturated rings. The summed E-state index contributed by atoms with van der Waals surface area (Å²) in [6, 6.07) is 2.21. The molecule has 0 spiro atoms. The van der Waals surface area contributed by atoms with Crippen LogP contribution in [0.15, 0.2) is 12.1 Å². The highest BCUT2D eigenvalue weighted by molar-refractivity contribution is 5.98. The van der Waals surface area contributed by atoms with Gasteiger partial charge in [-0.15, -0.1) is 0 Å². The second kappa shape index (κ2) is 16.1. The zero-order valence-electron chi connectivity index (χ0n) is 17.0. The van der Waals surface area contributed by atoms with Gasteiger partial charge in [-0.1, -0.05) is 52.4 Å². The number of phenols is 2. The Morgan fingerprint density at radius 3 is 1.93 bits per heavy atom. The lowest BCUT2D eigenvalue weighted by Gasteiger charge is -2.06. The molecule has 1 amide bonds. The van der Waals surface area contributed by atoms with E-state index in [0.29, 0.717) is 6.41 Å². The molecule has 0 bridgehead atoms. The summed E-state index contributed by atoms with van der Waals surface area (Å²) < 4.78 is 0. The fourth-order valence-corrected chi connectivity index (χ4v) is 2.52. The van der Waals surface area contributed by atoms with Crippen molar-refractivity contribution < 1.29 is 19.8 Å². The van der Waals surface area contributed by atoms with Crippen LogP contribution in [0, 0.1) is 0 Å². The van der Waals surface area contributed by atoms with E-state index in [1.165, 1.54) is 71.4 Å². The maximum atomic E-state index is 10.9. The van der Waals surface area contributed by atoms with Crippen molar-refractivity contribution in [2.24, 2.45) is 0 Å². The second-order valence-electron chi connectivity index (χ2n) is 6.58. The molecule has 0 unspecified atom stereocenters. The van der Waals surface area contributed by atoms with Crippen molar-refractivity contribution >= 4 is 17.9 Å². The first-order valence-corrected chi connectivity index (χ1v) is 9.95. The molecular formula is C21H36N2O4. The molecule has 0 aliphatic rings. The van der Waals surface area contributed by atoms with Crippen LogP contribution >= 0.6 is 0 Å². The zero-order valence-corrected chi connectivity index (χ0v) is 17.0. The van der Waals surface area contributed by atoms with Gasteiger partial charge in [-0.3, -0.25) is 9.59 Å². The van der Waals surface area contributed by atoms with Crippen LogP contribution in [0.2, 0.25) is 0 Å². The predicted molar refractivity (Wildman–Crippen MR) is 111 cm³/mol. The number of phenolic OH excluding ortho intramolecular Hbond substituents is 2. The highest BCUT2D eigenvalue weighted by Gasteiger charge is 2.11. The Balaban J connectivity index is 0.000000503. The topological polar surface area (TPSA) is 98.7 Å². The molecule has 0 atom stereocenters. The van der Waals surface area contributed by atoms with E-state index in [4.69, 9.17) is 0 Å². The van der Waals surface area contributed by atoms with Gasteiger partial charge in [-0.2, -0.15) is 0 Å². The largest absolute Gasteiger partial charge is 0.507 e. The van der Waals surface area contributed by atoms with E-state index in [1.807, 2.05) is 0 Å². The molecule has 27 heavy (non-hydrogen) atoms. The number of amides is 1. The quantitative estimate of drug-likeness (QED) is 0.132. The second-order valence-corrected chi connectivity index (χ2v) is 6.58. The number of unbranched alkanes of at least 4 members (excludes halogenated alkanes) is 6. The number of nitrogens with one attached hydrogen (secondary N) is 2. The molecule has 1 aromatic carbocycles. The Kier molecular flexibility index (Phi) is 14.9. The summed E-state index contributed by atoms with van der Waals surface area (Å²) in [4.78, 5) is 21.0. The third-order valence-corrected chi connectivity index (χ3v) is 4.12. The molecule has 1 rings (SSSR count). The zero-order chi connectivity index (χ0) is 20.5. The standard InChI is InChI=1S/C12H27N.C9H9NO4/c1-3-5-7-9-11-13-12-10-8-6-4-2;1-5(12)6-2-9(14)7(10-4-11)3-8(6)13/h13H,3-12H2,1-2H3;2-4,13-14H,1H3,(H,10,11). The van der Waals surface area contributed by atoms with E-state index in [9.17, 15) is 19.8 Å². The minimum absolute atomic E-state index is 0.0129. The number of rotatable bonds is 13. The molecule has 0 saturated heterocycles. The van der Waals surface area contributed by atoms with Gasteiger partial charge in [0.2, 0.25) is 6.41 Å². The summed E-state index contributed by atoms with van der Waals surface area (Å²) in [5, 5.41) is 24.3. The molecule has 0 aromatic heterocycles. The van der Waals surface area contributed by atoms with Gasteiger partial charge in [0.1, 0.15) is 11.5 Å². The summed E-state index contributed by atoms with van der Waals surface area (Å²) in [6.45, 7) is 8.25. The average molecular weight is 381 g/mol. The number of carbonyl (C=O) groups is 2. The molecule has 0 aliphatic heterocycles. The lowest BCUT2D eigenvalue weighted by Crippen LogP contribution is -2.16. The number of aromatic hydroxyl groups is 2. The summed E-state index contributed by atoms with van der Waals surface area (Å²) in [7, 11) is 0. The van der Waals surface area contributed by atoms with E-state index >= 15 is 0 Å². The number of anilines is 1. The van der Waals surface area contributed by atoms with Gasteiger partial charge < -0.3 is 20.8 Å². The number of Topliss-reactive ketones (excluding diaryl/α,β-unsaturated/α-hetero) is 1. The molecule has 6 heteroatoms. The number of ketones is 1. The van der Waals surface area contributed by atoms with Crippen LogP contribution in [0.25, 0.3) is 0 Å². The fourth-order valence-electron chi connectivity index (χ4n) is 2.52. The Labute approximate surface area is 163 Å². The van der Waals surface area contributed by atoms with Crippen molar-refractivity contribution in [2.75, 3.05) is 18.4 Å². The Morgan fingerprint density at radius 2 is 1.48 bits per heavy atom. The molecule has 6 nitrogen and oxygen atoms in total. The summed E-state index contributed by atoms with van der Waals surface area (Å²) in [6.07, 6.45) is 11.4. The van der Waals surface area contributed by atoms with Crippen LogP contribution in [0.4, 0.5) is 5.69 Å². The van der Waals surface area contributed by atoms with Crippen molar-refractivity contribution in [2.45, 2.75) is 72.1 Å². The van der Waals surface area contributed by atoms with Gasteiger partial charge in [0.25, 0.3) is 0 Å². The number of hydrogen-bond acceptors (Lipinski definition) is 5. The molecule has 1 aromatic rings. The summed E-state index contributed by atoms with van der Waals surface area (Å²) in [5.41, 5.74) is 0.0708. The Bertz CT molecular complexity index is 537. The van der Waals surface area contributed by atoms with Gasteiger partial charge in [0, 0.05) is 6.07 Å². The minimum Gasteiger partial charge on any atom is -0.507 e. The Hall–Kier alpha value is -2.08. The molecule has 0 saturated carbocycles. The third-order valence-electron chi connectivity index (χ3n) is 4.12. The van der Waals surface area contributed by atoms with Gasteiger partial charge in [0.15, 0.2) is 5.78 Å². The molecule has 154 valence electrons. The van der Waals surface area contributed by atoms with Crippen molar-refractivity contribution in [3.05, 3.63) is 17.7 Å². The number of carbonyl (C=O) groups excluding carboxylic acids is 2. The van der Waals surface area contributed by atoms with Gasteiger partial charge >= 0.3 is 0 Å². The SMILES string of the molecule is CC(=O)c1cc(O)c(NC=O)cc1O.CCCCCCNCCCCCC. The van der Waals surface area contributed by atoms with Crippen LogP contribution in [0.5, 0.6) is 11.5 Å². The van der Waals surface area contributed by atoms with E-state index in [0.717, 1.165) is 12.1 Å². The fraction of sp³-hybridized carbons (Fsp3) is 0.619. The van der Waals surface area contributed by atoms with Crippen molar-refractivity contribution in [3.63, 3.8) is 0 Å². The lowest BCUT2D eigenvalue weighted by molar-refractivity contribution is -0.105. The first-order valence-electron chi connectivity index (χ1n) is 9.95. The van der Waals surface area contributed by atoms with Crippen LogP contribution in [-0.2, 0) is 4.79 Å². The third kappa shape index (κ3) is 12.0. The molecule has 4 N–H and O–H groups in total. The first-order chi connectivity index (χ1) is 13.0. The first kappa shape index (κ1) is 24.9. The molecule has 0 aliphatic carbocycles. The molecule has 0 heterocycles. The summed E-state index contributed by atoms with van der Waals surface area (Å²) in [5.74, 6) is -0.907. The normalized spacial score (nSPS) is 10.0. The minimum atomic E-state index is -0.365. The predicted octanol–water partition coefficient (Wildman–Crippen LogP) is 4.61. The summed E-state index contributed by atoms with van der Waals surface area (Å²) >= 11 is 0. The van der Waals surface area contributed by atoms with Gasteiger partial charge in [-0.25, -0.2) is 0 Å². The van der Waals surface area contributed by atoms with Crippen molar-refractivity contribution in [1.82, 2.24) is 5.32 Å². The molecular weight excluding hydrogens is 344 g/mol.